The fraction of sp³-hybridized carbons (Fsp3) is 0.154. The molecule has 0 amide bonds. The van der Waals surface area contributed by atoms with Crippen molar-refractivity contribution in [1.29, 1.82) is 0 Å². The molecular formula is C26H23N4NaO4S. The fourth-order valence-corrected chi connectivity index (χ4v) is 4.18. The number of azo groups is 2. The minimum atomic E-state index is -4.36. The minimum Gasteiger partial charge on any atom is -0.871 e. The van der Waals surface area contributed by atoms with E-state index in [9.17, 15) is 18.1 Å². The van der Waals surface area contributed by atoms with Gasteiger partial charge in [0, 0.05) is 5.39 Å². The summed E-state index contributed by atoms with van der Waals surface area (Å²) in [7, 11) is -4.36. The summed E-state index contributed by atoms with van der Waals surface area (Å²) in [5.41, 5.74) is 6.00. The smallest absolute Gasteiger partial charge is 0.871 e. The van der Waals surface area contributed by atoms with Gasteiger partial charge in [-0.1, -0.05) is 41.6 Å². The van der Waals surface area contributed by atoms with Gasteiger partial charge < -0.3 is 5.11 Å². The zero-order valence-corrected chi connectivity index (χ0v) is 23.5. The summed E-state index contributed by atoms with van der Waals surface area (Å²) < 4.78 is 32.1. The molecule has 0 unspecified atom stereocenters. The Morgan fingerprint density at radius 3 is 1.89 bits per heavy atom. The number of rotatable bonds is 5. The standard InChI is InChI=1S/C26H24N4O4S.Na/c1-15-5-9-22(16(2)11-15)27-28-23-12-18(4)24(13-17(23)3)29-30-26-21-8-7-20(35(32,33)34)14-19(21)6-10-25(26)31;/h5-14,31H,1-4H3,(H,32,33,34);/q;+1/p-1. The first kappa shape index (κ1) is 27.6. The fourth-order valence-electron chi connectivity index (χ4n) is 3.67. The summed E-state index contributed by atoms with van der Waals surface area (Å²) in [5.74, 6) is -0.353. The van der Waals surface area contributed by atoms with Crippen LogP contribution in [0.25, 0.3) is 10.8 Å². The van der Waals surface area contributed by atoms with Crippen LogP contribution in [-0.4, -0.2) is 13.0 Å². The van der Waals surface area contributed by atoms with Crippen molar-refractivity contribution in [2.45, 2.75) is 32.6 Å². The van der Waals surface area contributed by atoms with Crippen LogP contribution < -0.4 is 34.7 Å². The van der Waals surface area contributed by atoms with Crippen molar-refractivity contribution in [2.24, 2.45) is 20.5 Å². The average molecular weight is 511 g/mol. The van der Waals surface area contributed by atoms with Gasteiger partial charge in [0.1, 0.15) is 0 Å². The molecule has 1 N–H and O–H groups in total. The van der Waals surface area contributed by atoms with Crippen molar-refractivity contribution < 1.29 is 47.6 Å². The van der Waals surface area contributed by atoms with Crippen LogP contribution in [0.5, 0.6) is 5.75 Å². The monoisotopic (exact) mass is 510 g/mol. The van der Waals surface area contributed by atoms with E-state index in [-0.39, 0.29) is 45.9 Å². The van der Waals surface area contributed by atoms with E-state index in [1.807, 2.05) is 52.0 Å². The molecule has 0 saturated heterocycles. The van der Waals surface area contributed by atoms with Gasteiger partial charge in [0.15, 0.2) is 0 Å². The van der Waals surface area contributed by atoms with Crippen LogP contribution in [0.4, 0.5) is 22.7 Å². The van der Waals surface area contributed by atoms with Crippen LogP contribution in [0.1, 0.15) is 22.3 Å². The third kappa shape index (κ3) is 6.05. The molecule has 4 rings (SSSR count). The van der Waals surface area contributed by atoms with E-state index in [4.69, 9.17) is 0 Å². The van der Waals surface area contributed by atoms with E-state index < -0.39 is 10.1 Å². The molecule has 0 atom stereocenters. The molecule has 0 spiro atoms. The molecule has 8 nitrogen and oxygen atoms in total. The van der Waals surface area contributed by atoms with E-state index in [1.54, 1.807) is 0 Å². The van der Waals surface area contributed by atoms with E-state index in [2.05, 4.69) is 26.5 Å². The molecule has 0 fully saturated rings. The molecule has 4 aromatic carbocycles. The van der Waals surface area contributed by atoms with Gasteiger partial charge in [-0.2, -0.15) is 28.9 Å². The van der Waals surface area contributed by atoms with Gasteiger partial charge >= 0.3 is 29.6 Å². The third-order valence-electron chi connectivity index (χ3n) is 5.61. The summed E-state index contributed by atoms with van der Waals surface area (Å²) in [6, 6.07) is 16.4. The van der Waals surface area contributed by atoms with Crippen LogP contribution in [0.2, 0.25) is 0 Å². The Morgan fingerprint density at radius 1 is 0.694 bits per heavy atom. The van der Waals surface area contributed by atoms with E-state index in [0.717, 1.165) is 27.9 Å². The molecule has 0 heterocycles. The van der Waals surface area contributed by atoms with Gasteiger partial charge in [-0.3, -0.25) is 4.55 Å². The number of hydrogen-bond donors (Lipinski definition) is 1. The van der Waals surface area contributed by atoms with Crippen LogP contribution in [0.15, 0.2) is 86.0 Å². The van der Waals surface area contributed by atoms with Crippen molar-refractivity contribution in [2.75, 3.05) is 0 Å². The Hall–Kier alpha value is -2.95. The van der Waals surface area contributed by atoms with Gasteiger partial charge in [0.2, 0.25) is 0 Å². The van der Waals surface area contributed by atoms with E-state index in [1.165, 1.54) is 30.3 Å². The van der Waals surface area contributed by atoms with Crippen LogP contribution in [0.3, 0.4) is 0 Å². The molecule has 0 aliphatic rings. The topological polar surface area (TPSA) is 127 Å². The van der Waals surface area contributed by atoms with Crippen molar-refractivity contribution in [3.05, 3.63) is 82.9 Å². The quantitative estimate of drug-likeness (QED) is 0.245. The second kappa shape index (κ2) is 11.0. The second-order valence-corrected chi connectivity index (χ2v) is 9.81. The SMILES string of the molecule is Cc1ccc(N=Nc2cc(C)c(N=Nc3c([O-])ccc4cc(S(=O)(=O)O)ccc34)cc2C)c(C)c1.[Na+]. The Labute approximate surface area is 231 Å². The van der Waals surface area contributed by atoms with Gasteiger partial charge in [0.05, 0.1) is 27.6 Å². The zero-order valence-electron chi connectivity index (χ0n) is 20.6. The normalized spacial score (nSPS) is 11.9. The average Bonchev–Trinajstić information content (AvgIpc) is 2.79. The Kier molecular flexibility index (Phi) is 8.43. The molecule has 0 bridgehead atoms. The molecule has 0 radical (unpaired) electrons. The number of nitrogens with zero attached hydrogens (tertiary/aromatic N) is 4. The van der Waals surface area contributed by atoms with E-state index >= 15 is 0 Å². The van der Waals surface area contributed by atoms with Crippen molar-refractivity contribution in [1.82, 2.24) is 0 Å². The Balaban J connectivity index is 0.00000361. The predicted molar refractivity (Wildman–Crippen MR) is 133 cm³/mol. The minimum absolute atomic E-state index is 0. The van der Waals surface area contributed by atoms with Crippen molar-refractivity contribution in [3.63, 3.8) is 0 Å². The molecular weight excluding hydrogens is 487 g/mol. The summed E-state index contributed by atoms with van der Waals surface area (Å²) in [4.78, 5) is -0.261. The molecule has 0 aromatic heterocycles. The molecule has 0 aliphatic heterocycles. The second-order valence-electron chi connectivity index (χ2n) is 8.39. The zero-order chi connectivity index (χ0) is 25.3. The first-order valence-electron chi connectivity index (χ1n) is 10.8. The Morgan fingerprint density at radius 2 is 1.28 bits per heavy atom. The van der Waals surface area contributed by atoms with Crippen LogP contribution >= 0.6 is 0 Å². The maximum Gasteiger partial charge on any atom is 1.00 e. The van der Waals surface area contributed by atoms with Crippen LogP contribution in [-0.2, 0) is 10.1 Å². The summed E-state index contributed by atoms with van der Waals surface area (Å²) in [5, 5.41) is 30.6. The Bertz CT molecular complexity index is 1630. The van der Waals surface area contributed by atoms with E-state index in [0.29, 0.717) is 22.1 Å². The first-order chi connectivity index (χ1) is 16.5. The molecule has 0 aliphatic carbocycles. The van der Waals surface area contributed by atoms with Crippen molar-refractivity contribution in [3.8, 4) is 5.75 Å². The first-order valence-corrected chi connectivity index (χ1v) is 12.2. The number of fused-ring (bicyclic) bond motifs is 1. The number of benzene rings is 4. The molecule has 36 heavy (non-hydrogen) atoms. The predicted octanol–water partition coefficient (Wildman–Crippen LogP) is 4.23. The molecule has 0 saturated carbocycles. The van der Waals surface area contributed by atoms with Gasteiger partial charge in [0.25, 0.3) is 10.1 Å². The maximum absolute atomic E-state index is 12.5. The summed E-state index contributed by atoms with van der Waals surface area (Å²) in [6.45, 7) is 7.77. The van der Waals surface area contributed by atoms with Gasteiger partial charge in [-0.05, 0) is 80.1 Å². The molecule has 4 aromatic rings. The largest absolute Gasteiger partial charge is 1.00 e. The summed E-state index contributed by atoms with van der Waals surface area (Å²) >= 11 is 0. The molecule has 10 heteroatoms. The summed E-state index contributed by atoms with van der Waals surface area (Å²) in [6.07, 6.45) is 0. The van der Waals surface area contributed by atoms with Crippen LogP contribution in [0, 0.1) is 27.7 Å². The van der Waals surface area contributed by atoms with Gasteiger partial charge in [-0.15, -0.1) is 0 Å². The maximum atomic E-state index is 12.5. The third-order valence-corrected chi connectivity index (χ3v) is 6.46. The number of hydrogen-bond acceptors (Lipinski definition) is 7. The number of aryl methyl sites for hydroxylation is 4. The van der Waals surface area contributed by atoms with Crippen molar-refractivity contribution >= 4 is 43.6 Å². The van der Waals surface area contributed by atoms with Gasteiger partial charge in [-0.25, -0.2) is 0 Å². The molecule has 178 valence electrons.